The van der Waals surface area contributed by atoms with Gasteiger partial charge >= 0.3 is 0 Å². The van der Waals surface area contributed by atoms with Crippen LogP contribution in [0.4, 0.5) is 0 Å². The summed E-state index contributed by atoms with van der Waals surface area (Å²) in [6, 6.07) is 0. The van der Waals surface area contributed by atoms with E-state index in [2.05, 4.69) is 6.92 Å². The number of hydrogen-bond donors (Lipinski definition) is 1. The van der Waals surface area contributed by atoms with E-state index in [0.717, 1.165) is 18.3 Å². The third kappa shape index (κ3) is 4.66. The molecule has 1 aliphatic rings. The molecule has 0 heterocycles. The topological polar surface area (TPSA) is 20.2 Å². The highest BCUT2D eigenvalue weighted by atomic mass is 16.3. The molecule has 0 bridgehead atoms. The van der Waals surface area contributed by atoms with E-state index in [1.54, 1.807) is 0 Å². The largest absolute Gasteiger partial charge is 0.396 e. The van der Waals surface area contributed by atoms with Gasteiger partial charge in [0.25, 0.3) is 0 Å². The Morgan fingerprint density at radius 3 is 2.46 bits per heavy atom. The third-order valence-electron chi connectivity index (χ3n) is 3.41. The standard InChI is InChI=1S/C12H24O/c1-11(9-10-13)7-8-12-5-3-2-4-6-12/h11-13H,2-10H2,1H3/t11-/m0/s1. The molecule has 13 heavy (non-hydrogen) atoms. The van der Waals surface area contributed by atoms with Crippen LogP contribution in [0.5, 0.6) is 0 Å². The monoisotopic (exact) mass is 184 g/mol. The van der Waals surface area contributed by atoms with Crippen LogP contribution in [0.2, 0.25) is 0 Å². The fraction of sp³-hybridized carbons (Fsp3) is 1.00. The summed E-state index contributed by atoms with van der Waals surface area (Å²) in [6.07, 6.45) is 11.0. The minimum atomic E-state index is 0.367. The highest BCUT2D eigenvalue weighted by molar-refractivity contribution is 4.67. The van der Waals surface area contributed by atoms with Crippen molar-refractivity contribution in [1.29, 1.82) is 0 Å². The second-order valence-corrected chi connectivity index (χ2v) is 4.70. The summed E-state index contributed by atoms with van der Waals surface area (Å²) in [6.45, 7) is 2.63. The minimum absolute atomic E-state index is 0.367. The number of rotatable bonds is 5. The van der Waals surface area contributed by atoms with Crippen molar-refractivity contribution in [3.63, 3.8) is 0 Å². The lowest BCUT2D eigenvalue weighted by Gasteiger charge is -2.22. The Morgan fingerprint density at radius 2 is 1.85 bits per heavy atom. The van der Waals surface area contributed by atoms with Crippen LogP contribution in [0.15, 0.2) is 0 Å². The first-order valence-corrected chi connectivity index (χ1v) is 5.93. The van der Waals surface area contributed by atoms with Crippen molar-refractivity contribution < 1.29 is 5.11 Å². The summed E-state index contributed by atoms with van der Waals surface area (Å²) in [5.74, 6) is 1.74. The van der Waals surface area contributed by atoms with Crippen LogP contribution < -0.4 is 0 Å². The first-order valence-electron chi connectivity index (χ1n) is 5.93. The summed E-state index contributed by atoms with van der Waals surface area (Å²) >= 11 is 0. The summed E-state index contributed by atoms with van der Waals surface area (Å²) in [5.41, 5.74) is 0. The Bertz CT molecular complexity index is 116. The van der Waals surface area contributed by atoms with Gasteiger partial charge in [-0.2, -0.15) is 0 Å². The maximum absolute atomic E-state index is 8.77. The molecular formula is C12H24O. The normalized spacial score (nSPS) is 21.7. The average molecular weight is 184 g/mol. The molecule has 1 heteroatoms. The Labute approximate surface area is 82.5 Å². The molecular weight excluding hydrogens is 160 g/mol. The molecule has 0 aromatic carbocycles. The van der Waals surface area contributed by atoms with Gasteiger partial charge in [0.2, 0.25) is 0 Å². The van der Waals surface area contributed by atoms with E-state index in [1.807, 2.05) is 0 Å². The molecule has 1 fully saturated rings. The molecule has 0 radical (unpaired) electrons. The van der Waals surface area contributed by atoms with Gasteiger partial charge in [0.1, 0.15) is 0 Å². The maximum Gasteiger partial charge on any atom is 0.0433 e. The van der Waals surface area contributed by atoms with Crippen LogP contribution >= 0.6 is 0 Å². The fourth-order valence-corrected chi connectivity index (χ4v) is 2.36. The van der Waals surface area contributed by atoms with E-state index in [-0.39, 0.29) is 0 Å². The van der Waals surface area contributed by atoms with Gasteiger partial charge in [-0.1, -0.05) is 51.9 Å². The zero-order chi connectivity index (χ0) is 9.52. The summed E-state index contributed by atoms with van der Waals surface area (Å²) in [5, 5.41) is 8.77. The molecule has 1 saturated carbocycles. The van der Waals surface area contributed by atoms with Crippen LogP contribution in [0.25, 0.3) is 0 Å². The van der Waals surface area contributed by atoms with Gasteiger partial charge in [-0.25, -0.2) is 0 Å². The Balaban J connectivity index is 2.03. The van der Waals surface area contributed by atoms with E-state index in [0.29, 0.717) is 6.61 Å². The molecule has 0 aromatic heterocycles. The van der Waals surface area contributed by atoms with E-state index in [4.69, 9.17) is 5.11 Å². The van der Waals surface area contributed by atoms with Crippen molar-refractivity contribution in [2.24, 2.45) is 11.8 Å². The van der Waals surface area contributed by atoms with Gasteiger partial charge in [-0.15, -0.1) is 0 Å². The molecule has 1 N–H and O–H groups in total. The first-order chi connectivity index (χ1) is 6.33. The van der Waals surface area contributed by atoms with Crippen LogP contribution in [0, 0.1) is 11.8 Å². The molecule has 1 aliphatic carbocycles. The third-order valence-corrected chi connectivity index (χ3v) is 3.41. The second kappa shape index (κ2) is 6.42. The zero-order valence-electron chi connectivity index (χ0n) is 8.97. The summed E-state index contributed by atoms with van der Waals surface area (Å²) in [7, 11) is 0. The lowest BCUT2D eigenvalue weighted by atomic mass is 9.84. The quantitative estimate of drug-likeness (QED) is 0.694. The molecule has 0 spiro atoms. The van der Waals surface area contributed by atoms with Gasteiger partial charge in [0.05, 0.1) is 0 Å². The zero-order valence-corrected chi connectivity index (χ0v) is 8.97. The average Bonchev–Trinajstić information content (AvgIpc) is 2.17. The van der Waals surface area contributed by atoms with E-state index in [1.165, 1.54) is 44.9 Å². The maximum atomic E-state index is 8.77. The SMILES string of the molecule is C[C@H](CCO)CCC1CCCCC1. The summed E-state index contributed by atoms with van der Waals surface area (Å²) in [4.78, 5) is 0. The molecule has 0 unspecified atom stereocenters. The first kappa shape index (κ1) is 11.0. The van der Waals surface area contributed by atoms with Crippen LogP contribution in [-0.4, -0.2) is 11.7 Å². The van der Waals surface area contributed by atoms with Crippen LogP contribution in [0.3, 0.4) is 0 Å². The highest BCUT2D eigenvalue weighted by Gasteiger charge is 2.14. The van der Waals surface area contributed by atoms with Crippen molar-refractivity contribution >= 4 is 0 Å². The lowest BCUT2D eigenvalue weighted by Crippen LogP contribution is -2.08. The molecule has 1 rings (SSSR count). The molecule has 0 aromatic rings. The van der Waals surface area contributed by atoms with Gasteiger partial charge in [0, 0.05) is 6.61 Å². The van der Waals surface area contributed by atoms with Crippen molar-refractivity contribution in [1.82, 2.24) is 0 Å². The lowest BCUT2D eigenvalue weighted by molar-refractivity contribution is 0.245. The van der Waals surface area contributed by atoms with E-state index in [9.17, 15) is 0 Å². The van der Waals surface area contributed by atoms with Crippen molar-refractivity contribution in [3.05, 3.63) is 0 Å². The van der Waals surface area contributed by atoms with E-state index < -0.39 is 0 Å². The van der Waals surface area contributed by atoms with Crippen molar-refractivity contribution in [2.75, 3.05) is 6.61 Å². The highest BCUT2D eigenvalue weighted by Crippen LogP contribution is 2.28. The van der Waals surface area contributed by atoms with Crippen LogP contribution in [0.1, 0.15) is 58.3 Å². The fourth-order valence-electron chi connectivity index (χ4n) is 2.36. The number of hydrogen-bond acceptors (Lipinski definition) is 1. The predicted molar refractivity (Wildman–Crippen MR) is 56.7 cm³/mol. The van der Waals surface area contributed by atoms with Crippen LogP contribution in [-0.2, 0) is 0 Å². The van der Waals surface area contributed by atoms with Gasteiger partial charge in [-0.05, 0) is 18.3 Å². The molecule has 78 valence electrons. The minimum Gasteiger partial charge on any atom is -0.396 e. The number of aliphatic hydroxyl groups is 1. The molecule has 0 amide bonds. The molecule has 1 atom stereocenters. The molecule has 0 saturated heterocycles. The molecule has 1 nitrogen and oxygen atoms in total. The Morgan fingerprint density at radius 1 is 1.15 bits per heavy atom. The van der Waals surface area contributed by atoms with Gasteiger partial charge in [0.15, 0.2) is 0 Å². The smallest absolute Gasteiger partial charge is 0.0433 e. The Kier molecular flexibility index (Phi) is 5.45. The van der Waals surface area contributed by atoms with Gasteiger partial charge < -0.3 is 5.11 Å². The van der Waals surface area contributed by atoms with Crippen molar-refractivity contribution in [2.45, 2.75) is 58.3 Å². The van der Waals surface area contributed by atoms with E-state index >= 15 is 0 Å². The van der Waals surface area contributed by atoms with Crippen molar-refractivity contribution in [3.8, 4) is 0 Å². The second-order valence-electron chi connectivity index (χ2n) is 4.70. The predicted octanol–water partition coefficient (Wildman–Crippen LogP) is 3.37. The summed E-state index contributed by atoms with van der Waals surface area (Å²) < 4.78 is 0. The Hall–Kier alpha value is -0.0400. The number of aliphatic hydroxyl groups excluding tert-OH is 1. The van der Waals surface area contributed by atoms with Gasteiger partial charge in [-0.3, -0.25) is 0 Å². The molecule has 0 aliphatic heterocycles.